The largest absolute Gasteiger partial charge is 0.487 e. The minimum Gasteiger partial charge on any atom is -0.487 e. The minimum absolute atomic E-state index is 0.0921. The summed E-state index contributed by atoms with van der Waals surface area (Å²) in [6, 6.07) is 3.80. The second kappa shape index (κ2) is 6.10. The van der Waals surface area contributed by atoms with E-state index in [0.717, 1.165) is 18.0 Å². The van der Waals surface area contributed by atoms with Crippen LogP contribution >= 0.6 is 11.6 Å². The molecule has 96 valence electrons. The van der Waals surface area contributed by atoms with Gasteiger partial charge in [-0.25, -0.2) is 4.98 Å². The molecule has 0 atom stereocenters. The average Bonchev–Trinajstić information content (AvgIpc) is 2.19. The zero-order valence-electron chi connectivity index (χ0n) is 11.0. The first kappa shape index (κ1) is 14.1. The lowest BCUT2D eigenvalue weighted by Crippen LogP contribution is -2.32. The Labute approximate surface area is 109 Å². The van der Waals surface area contributed by atoms with Crippen LogP contribution in [0.15, 0.2) is 18.3 Å². The zero-order valence-corrected chi connectivity index (χ0v) is 11.7. The first-order valence-electron chi connectivity index (χ1n) is 5.90. The number of halogens is 1. The Morgan fingerprint density at radius 1 is 1.47 bits per heavy atom. The van der Waals surface area contributed by atoms with Crippen molar-refractivity contribution in [2.24, 2.45) is 0 Å². The van der Waals surface area contributed by atoms with Crippen LogP contribution < -0.4 is 10.1 Å². The van der Waals surface area contributed by atoms with Crippen molar-refractivity contribution in [1.29, 1.82) is 0 Å². The van der Waals surface area contributed by atoms with Gasteiger partial charge in [0.2, 0.25) is 0 Å². The van der Waals surface area contributed by atoms with E-state index < -0.39 is 0 Å². The number of nitrogens with zero attached hydrogens (tertiary/aromatic N) is 1. The third kappa shape index (κ3) is 4.82. The van der Waals surface area contributed by atoms with Crippen LogP contribution in [0.3, 0.4) is 0 Å². The van der Waals surface area contributed by atoms with E-state index in [1.807, 2.05) is 26.0 Å². The van der Waals surface area contributed by atoms with E-state index in [2.05, 4.69) is 24.1 Å². The highest BCUT2D eigenvalue weighted by atomic mass is 35.5. The Balaban J connectivity index is 2.82. The Hall–Kier alpha value is -0.960. The second-order valence-electron chi connectivity index (χ2n) is 4.96. The van der Waals surface area contributed by atoms with Gasteiger partial charge in [-0.2, -0.15) is 0 Å². The second-order valence-corrected chi connectivity index (χ2v) is 5.34. The molecule has 4 heteroatoms. The summed E-state index contributed by atoms with van der Waals surface area (Å²) in [4.78, 5) is 4.32. The number of hydrogen-bond donors (Lipinski definition) is 1. The SMILES string of the molecule is CC(C)Oc1cccnc1NC(C)(C)CCCl. The molecule has 1 N–H and O–H groups in total. The van der Waals surface area contributed by atoms with Crippen LogP contribution in [0.4, 0.5) is 5.82 Å². The van der Waals surface area contributed by atoms with E-state index in [9.17, 15) is 0 Å². The van der Waals surface area contributed by atoms with Crippen molar-refractivity contribution >= 4 is 17.4 Å². The topological polar surface area (TPSA) is 34.1 Å². The summed E-state index contributed by atoms with van der Waals surface area (Å²) >= 11 is 5.78. The van der Waals surface area contributed by atoms with Gasteiger partial charge in [0.1, 0.15) is 0 Å². The van der Waals surface area contributed by atoms with Gasteiger partial charge in [-0.15, -0.1) is 11.6 Å². The summed E-state index contributed by atoms with van der Waals surface area (Å²) in [6.45, 7) is 8.20. The molecule has 1 heterocycles. The molecule has 1 aromatic heterocycles. The summed E-state index contributed by atoms with van der Waals surface area (Å²) in [5.41, 5.74) is -0.0921. The lowest BCUT2D eigenvalue weighted by Gasteiger charge is -2.27. The van der Waals surface area contributed by atoms with E-state index in [1.54, 1.807) is 6.20 Å². The van der Waals surface area contributed by atoms with Gasteiger partial charge in [0.05, 0.1) is 6.10 Å². The average molecular weight is 257 g/mol. The first-order chi connectivity index (χ1) is 7.94. The number of hydrogen-bond acceptors (Lipinski definition) is 3. The smallest absolute Gasteiger partial charge is 0.169 e. The normalized spacial score (nSPS) is 11.6. The molecular formula is C13H21ClN2O. The fourth-order valence-corrected chi connectivity index (χ4v) is 1.93. The van der Waals surface area contributed by atoms with Gasteiger partial charge in [0, 0.05) is 17.6 Å². The Morgan fingerprint density at radius 2 is 2.18 bits per heavy atom. The van der Waals surface area contributed by atoms with Gasteiger partial charge in [-0.05, 0) is 46.2 Å². The van der Waals surface area contributed by atoms with Crippen molar-refractivity contribution < 1.29 is 4.74 Å². The maximum atomic E-state index is 5.78. The van der Waals surface area contributed by atoms with Crippen molar-refractivity contribution in [3.05, 3.63) is 18.3 Å². The molecule has 0 saturated heterocycles. The molecular weight excluding hydrogens is 236 g/mol. The number of aromatic nitrogens is 1. The number of ether oxygens (including phenoxy) is 1. The van der Waals surface area contributed by atoms with Crippen molar-refractivity contribution in [1.82, 2.24) is 4.98 Å². The molecule has 17 heavy (non-hydrogen) atoms. The molecule has 0 radical (unpaired) electrons. The van der Waals surface area contributed by atoms with Crippen molar-refractivity contribution in [2.75, 3.05) is 11.2 Å². The highest BCUT2D eigenvalue weighted by Crippen LogP contribution is 2.26. The monoisotopic (exact) mass is 256 g/mol. The summed E-state index contributed by atoms with van der Waals surface area (Å²) in [5, 5.41) is 3.37. The molecule has 1 rings (SSSR count). The number of nitrogens with one attached hydrogen (secondary N) is 1. The Kier molecular flexibility index (Phi) is 5.06. The highest BCUT2D eigenvalue weighted by molar-refractivity contribution is 6.17. The van der Waals surface area contributed by atoms with Gasteiger partial charge in [-0.1, -0.05) is 0 Å². The Bertz CT molecular complexity index is 353. The molecule has 1 aromatic rings. The maximum Gasteiger partial charge on any atom is 0.169 e. The van der Waals surface area contributed by atoms with Crippen molar-refractivity contribution in [3.8, 4) is 5.75 Å². The number of anilines is 1. The van der Waals surface area contributed by atoms with E-state index in [4.69, 9.17) is 16.3 Å². The molecule has 3 nitrogen and oxygen atoms in total. The Morgan fingerprint density at radius 3 is 2.76 bits per heavy atom. The highest BCUT2D eigenvalue weighted by Gasteiger charge is 2.19. The van der Waals surface area contributed by atoms with E-state index in [1.165, 1.54) is 0 Å². The van der Waals surface area contributed by atoms with Crippen LogP contribution in [0.25, 0.3) is 0 Å². The van der Waals surface area contributed by atoms with Crippen LogP contribution in [0.1, 0.15) is 34.1 Å². The quantitative estimate of drug-likeness (QED) is 0.789. The van der Waals surface area contributed by atoms with Gasteiger partial charge in [-0.3, -0.25) is 0 Å². The summed E-state index contributed by atoms with van der Waals surface area (Å²) in [5.74, 6) is 2.18. The predicted molar refractivity (Wildman–Crippen MR) is 73.0 cm³/mol. The van der Waals surface area contributed by atoms with Gasteiger partial charge >= 0.3 is 0 Å². The van der Waals surface area contributed by atoms with Crippen LogP contribution in [-0.2, 0) is 0 Å². The molecule has 0 aliphatic rings. The summed E-state index contributed by atoms with van der Waals surface area (Å²) < 4.78 is 5.71. The fourth-order valence-electron chi connectivity index (χ4n) is 1.45. The standard InChI is InChI=1S/C13H21ClN2O/c1-10(2)17-11-6-5-9-15-12(11)16-13(3,4)7-8-14/h5-6,9-10H,7-8H2,1-4H3,(H,15,16). The van der Waals surface area contributed by atoms with E-state index >= 15 is 0 Å². The molecule has 0 amide bonds. The molecule has 0 bridgehead atoms. The van der Waals surface area contributed by atoms with E-state index in [-0.39, 0.29) is 11.6 Å². The zero-order chi connectivity index (χ0) is 12.9. The molecule has 0 aliphatic carbocycles. The van der Waals surface area contributed by atoms with Crippen LogP contribution in [0, 0.1) is 0 Å². The first-order valence-corrected chi connectivity index (χ1v) is 6.44. The van der Waals surface area contributed by atoms with Crippen molar-refractivity contribution in [2.45, 2.75) is 45.8 Å². The van der Waals surface area contributed by atoms with Gasteiger partial charge in [0.25, 0.3) is 0 Å². The third-order valence-corrected chi connectivity index (χ3v) is 2.50. The van der Waals surface area contributed by atoms with Crippen molar-refractivity contribution in [3.63, 3.8) is 0 Å². The lowest BCUT2D eigenvalue weighted by molar-refractivity contribution is 0.242. The molecule has 0 unspecified atom stereocenters. The number of pyridine rings is 1. The summed E-state index contributed by atoms with van der Waals surface area (Å²) in [7, 11) is 0. The number of alkyl halides is 1. The van der Waals surface area contributed by atoms with Gasteiger partial charge in [0.15, 0.2) is 11.6 Å². The summed E-state index contributed by atoms with van der Waals surface area (Å²) in [6.07, 6.45) is 2.76. The van der Waals surface area contributed by atoms with Crippen LogP contribution in [-0.4, -0.2) is 22.5 Å². The predicted octanol–water partition coefficient (Wildman–Crippen LogP) is 3.69. The molecule has 0 spiro atoms. The minimum atomic E-state index is -0.0921. The maximum absolute atomic E-state index is 5.78. The fraction of sp³-hybridized carbons (Fsp3) is 0.615. The lowest BCUT2D eigenvalue weighted by atomic mass is 10.0. The van der Waals surface area contributed by atoms with Gasteiger partial charge < -0.3 is 10.1 Å². The molecule has 0 saturated carbocycles. The van der Waals surface area contributed by atoms with E-state index in [0.29, 0.717) is 5.88 Å². The molecule has 0 aromatic carbocycles. The molecule has 0 aliphatic heterocycles. The molecule has 0 fully saturated rings. The van der Waals surface area contributed by atoms with Crippen LogP contribution in [0.5, 0.6) is 5.75 Å². The van der Waals surface area contributed by atoms with Crippen LogP contribution in [0.2, 0.25) is 0 Å². The number of rotatable bonds is 6. The third-order valence-electron chi connectivity index (χ3n) is 2.31.